The number of ether oxygens (including phenoxy) is 1. The average molecular weight is 368 g/mol. The number of aliphatic imine (C=N–C) groups is 1. The first-order valence-electron chi connectivity index (χ1n) is 10.6. The van der Waals surface area contributed by atoms with E-state index in [4.69, 9.17) is 4.74 Å². The Morgan fingerprint density at radius 3 is 2.42 bits per heavy atom. The summed E-state index contributed by atoms with van der Waals surface area (Å²) in [4.78, 5) is 9.31. The van der Waals surface area contributed by atoms with Crippen molar-refractivity contribution in [3.63, 3.8) is 0 Å². The van der Waals surface area contributed by atoms with E-state index in [1.54, 1.807) is 0 Å². The van der Waals surface area contributed by atoms with Crippen molar-refractivity contribution in [2.75, 3.05) is 66.5 Å². The molecule has 2 fully saturated rings. The Kier molecular flexibility index (Phi) is 10.3. The molecule has 1 saturated heterocycles. The summed E-state index contributed by atoms with van der Waals surface area (Å²) in [5, 5.41) is 6.85. The van der Waals surface area contributed by atoms with E-state index in [2.05, 4.69) is 39.4 Å². The molecule has 0 amide bonds. The highest BCUT2D eigenvalue weighted by Gasteiger charge is 2.16. The first-order valence-corrected chi connectivity index (χ1v) is 10.6. The molecule has 26 heavy (non-hydrogen) atoms. The second kappa shape index (κ2) is 12.5. The minimum absolute atomic E-state index is 0.470. The Hall–Kier alpha value is -0.850. The van der Waals surface area contributed by atoms with Gasteiger partial charge < -0.3 is 25.2 Å². The van der Waals surface area contributed by atoms with E-state index in [0.717, 1.165) is 32.2 Å². The smallest absolute Gasteiger partial charge is 0.191 e. The van der Waals surface area contributed by atoms with Gasteiger partial charge in [-0.05, 0) is 25.8 Å². The molecule has 1 unspecified atom stereocenters. The molecule has 6 nitrogen and oxygen atoms in total. The fourth-order valence-electron chi connectivity index (χ4n) is 3.83. The summed E-state index contributed by atoms with van der Waals surface area (Å²) in [5.74, 6) is 1.50. The van der Waals surface area contributed by atoms with E-state index >= 15 is 0 Å². The number of nitrogens with one attached hydrogen (secondary N) is 2. The molecule has 152 valence electrons. The normalized spacial score (nSPS) is 22.8. The number of hydrogen-bond donors (Lipinski definition) is 2. The van der Waals surface area contributed by atoms with E-state index in [9.17, 15) is 0 Å². The first kappa shape index (κ1) is 21.5. The van der Waals surface area contributed by atoms with Gasteiger partial charge in [-0.3, -0.25) is 4.99 Å². The second-order valence-corrected chi connectivity index (χ2v) is 8.07. The number of rotatable bonds is 8. The van der Waals surface area contributed by atoms with Gasteiger partial charge >= 0.3 is 0 Å². The summed E-state index contributed by atoms with van der Waals surface area (Å²) in [6.45, 7) is 10.8. The molecule has 1 aliphatic heterocycles. The molecule has 0 radical (unpaired) electrons. The SMILES string of the molecule is CN=C(NCCOC1CCCCCC1)NCC(C)CN1CCN(C)CC1. The Morgan fingerprint density at radius 1 is 1.08 bits per heavy atom. The number of hydrogen-bond acceptors (Lipinski definition) is 4. The molecule has 2 N–H and O–H groups in total. The highest BCUT2D eigenvalue weighted by atomic mass is 16.5. The molecule has 1 atom stereocenters. The summed E-state index contributed by atoms with van der Waals surface area (Å²) in [7, 11) is 4.05. The van der Waals surface area contributed by atoms with Gasteiger partial charge in [0.05, 0.1) is 12.7 Å². The third-order valence-electron chi connectivity index (χ3n) is 5.56. The van der Waals surface area contributed by atoms with Crippen LogP contribution in [0.3, 0.4) is 0 Å². The van der Waals surface area contributed by atoms with Crippen molar-refractivity contribution in [1.82, 2.24) is 20.4 Å². The molecule has 2 rings (SSSR count). The van der Waals surface area contributed by atoms with E-state index in [1.807, 2.05) is 7.05 Å². The van der Waals surface area contributed by atoms with Crippen molar-refractivity contribution in [2.45, 2.75) is 51.6 Å². The van der Waals surface area contributed by atoms with Gasteiger partial charge in [0.2, 0.25) is 0 Å². The Balaban J connectivity index is 1.54. The van der Waals surface area contributed by atoms with Crippen LogP contribution in [0.2, 0.25) is 0 Å². The first-order chi connectivity index (χ1) is 12.7. The molecule has 0 bridgehead atoms. The summed E-state index contributed by atoms with van der Waals surface area (Å²) >= 11 is 0. The number of nitrogens with zero attached hydrogens (tertiary/aromatic N) is 3. The zero-order valence-corrected chi connectivity index (χ0v) is 17.3. The van der Waals surface area contributed by atoms with Crippen LogP contribution in [0.25, 0.3) is 0 Å². The molecule has 0 spiro atoms. The van der Waals surface area contributed by atoms with Gasteiger partial charge in [0.1, 0.15) is 0 Å². The van der Waals surface area contributed by atoms with E-state index in [-0.39, 0.29) is 0 Å². The summed E-state index contributed by atoms with van der Waals surface area (Å²) in [5.41, 5.74) is 0. The van der Waals surface area contributed by atoms with Crippen LogP contribution in [-0.4, -0.2) is 88.4 Å². The minimum Gasteiger partial charge on any atom is -0.376 e. The standard InChI is InChI=1S/C20H41N5O/c1-18(17-25-13-11-24(3)12-14-25)16-23-20(21-2)22-10-15-26-19-8-6-4-5-7-9-19/h18-19H,4-17H2,1-3H3,(H2,21,22,23). The van der Waals surface area contributed by atoms with Crippen molar-refractivity contribution >= 4 is 5.96 Å². The Morgan fingerprint density at radius 2 is 1.77 bits per heavy atom. The number of guanidine groups is 1. The monoisotopic (exact) mass is 367 g/mol. The number of piperazine rings is 1. The van der Waals surface area contributed by atoms with Crippen LogP contribution in [0, 0.1) is 5.92 Å². The third kappa shape index (κ3) is 8.69. The molecular formula is C20H41N5O. The van der Waals surface area contributed by atoms with E-state index < -0.39 is 0 Å². The van der Waals surface area contributed by atoms with Crippen LogP contribution in [0.15, 0.2) is 4.99 Å². The molecule has 0 aromatic rings. The maximum atomic E-state index is 6.04. The lowest BCUT2D eigenvalue weighted by Gasteiger charge is -2.34. The average Bonchev–Trinajstić information content (AvgIpc) is 2.92. The van der Waals surface area contributed by atoms with Crippen molar-refractivity contribution in [3.8, 4) is 0 Å². The van der Waals surface area contributed by atoms with Crippen molar-refractivity contribution in [3.05, 3.63) is 0 Å². The molecule has 0 aromatic carbocycles. The second-order valence-electron chi connectivity index (χ2n) is 8.07. The summed E-state index contributed by atoms with van der Waals surface area (Å²) in [6.07, 6.45) is 8.34. The topological polar surface area (TPSA) is 52.1 Å². The van der Waals surface area contributed by atoms with Crippen molar-refractivity contribution in [1.29, 1.82) is 0 Å². The van der Waals surface area contributed by atoms with Crippen molar-refractivity contribution < 1.29 is 4.74 Å². The van der Waals surface area contributed by atoms with Gasteiger partial charge in [0.25, 0.3) is 0 Å². The van der Waals surface area contributed by atoms with E-state index in [0.29, 0.717) is 12.0 Å². The van der Waals surface area contributed by atoms with Gasteiger partial charge in [-0.25, -0.2) is 0 Å². The highest BCUT2D eigenvalue weighted by molar-refractivity contribution is 5.79. The van der Waals surface area contributed by atoms with Gasteiger partial charge in [0, 0.05) is 52.9 Å². The third-order valence-corrected chi connectivity index (χ3v) is 5.56. The zero-order valence-electron chi connectivity index (χ0n) is 17.3. The lowest BCUT2D eigenvalue weighted by atomic mass is 10.1. The predicted molar refractivity (Wildman–Crippen MR) is 110 cm³/mol. The largest absolute Gasteiger partial charge is 0.376 e. The summed E-state index contributed by atoms with van der Waals surface area (Å²) < 4.78 is 6.04. The Labute approximate surface area is 160 Å². The lowest BCUT2D eigenvalue weighted by Crippen LogP contribution is -2.47. The van der Waals surface area contributed by atoms with Crippen LogP contribution >= 0.6 is 0 Å². The number of likely N-dealkylation sites (N-methyl/N-ethyl adjacent to an activating group) is 1. The van der Waals surface area contributed by atoms with Crippen LogP contribution in [-0.2, 0) is 4.74 Å². The fraction of sp³-hybridized carbons (Fsp3) is 0.950. The molecule has 1 aliphatic carbocycles. The van der Waals surface area contributed by atoms with Crippen molar-refractivity contribution in [2.24, 2.45) is 10.9 Å². The van der Waals surface area contributed by atoms with Gasteiger partial charge in [-0.2, -0.15) is 0 Å². The van der Waals surface area contributed by atoms with Crippen LogP contribution in [0.1, 0.15) is 45.4 Å². The molecule has 1 saturated carbocycles. The molecular weight excluding hydrogens is 326 g/mol. The van der Waals surface area contributed by atoms with Gasteiger partial charge in [0.15, 0.2) is 5.96 Å². The lowest BCUT2D eigenvalue weighted by molar-refractivity contribution is 0.0468. The van der Waals surface area contributed by atoms with Crippen LogP contribution < -0.4 is 10.6 Å². The van der Waals surface area contributed by atoms with Gasteiger partial charge in [-0.15, -0.1) is 0 Å². The van der Waals surface area contributed by atoms with E-state index in [1.165, 1.54) is 64.7 Å². The maximum absolute atomic E-state index is 6.04. The van der Waals surface area contributed by atoms with Crippen LogP contribution in [0.5, 0.6) is 0 Å². The van der Waals surface area contributed by atoms with Crippen LogP contribution in [0.4, 0.5) is 0 Å². The maximum Gasteiger partial charge on any atom is 0.191 e. The highest BCUT2D eigenvalue weighted by Crippen LogP contribution is 2.19. The summed E-state index contributed by atoms with van der Waals surface area (Å²) in [6, 6.07) is 0. The fourth-order valence-corrected chi connectivity index (χ4v) is 3.83. The van der Waals surface area contributed by atoms with Gasteiger partial charge in [-0.1, -0.05) is 32.6 Å². The quantitative estimate of drug-likeness (QED) is 0.296. The molecule has 2 aliphatic rings. The zero-order chi connectivity index (χ0) is 18.6. The minimum atomic E-state index is 0.470. The Bertz CT molecular complexity index is 388. The molecule has 1 heterocycles. The molecule has 0 aromatic heterocycles. The molecule has 6 heteroatoms. The predicted octanol–water partition coefficient (Wildman–Crippen LogP) is 1.77.